The molecule has 1 atom stereocenters. The maximum Gasteiger partial charge on any atom is 0.126 e. The summed E-state index contributed by atoms with van der Waals surface area (Å²) in [6.07, 6.45) is 0. The Labute approximate surface area is 117 Å². The van der Waals surface area contributed by atoms with Gasteiger partial charge in [0, 0.05) is 10.9 Å². The lowest BCUT2D eigenvalue weighted by Crippen LogP contribution is -2.26. The van der Waals surface area contributed by atoms with Gasteiger partial charge in [0.25, 0.3) is 0 Å². The van der Waals surface area contributed by atoms with Crippen LogP contribution < -0.4 is 5.73 Å². The minimum Gasteiger partial charge on any atom is -0.322 e. The van der Waals surface area contributed by atoms with Crippen LogP contribution in [0.2, 0.25) is 0 Å². The fraction of sp³-hybridized carbons (Fsp3) is 0.400. The predicted octanol–water partition coefficient (Wildman–Crippen LogP) is 4.30. The average Bonchev–Trinajstić information content (AvgIpc) is 2.79. The van der Waals surface area contributed by atoms with Crippen LogP contribution in [0.3, 0.4) is 0 Å². The van der Waals surface area contributed by atoms with Gasteiger partial charge in [0.05, 0.1) is 11.7 Å². The van der Waals surface area contributed by atoms with E-state index in [1.54, 1.807) is 13.0 Å². The van der Waals surface area contributed by atoms with Gasteiger partial charge in [-0.05, 0) is 24.0 Å². The average molecular weight is 278 g/mol. The third kappa shape index (κ3) is 3.01. The molecule has 2 aromatic rings. The number of benzene rings is 1. The van der Waals surface area contributed by atoms with E-state index in [9.17, 15) is 4.39 Å². The summed E-state index contributed by atoms with van der Waals surface area (Å²) in [4.78, 5) is 4.54. The fourth-order valence-corrected chi connectivity index (χ4v) is 2.76. The standard InChI is InChI=1S/C15H19FN2S/c1-9-5-6-10(7-11(9)16)12-8-19-14(18-12)13(17)15(2,3)4/h5-8,13H,17H2,1-4H3. The molecule has 4 heteroatoms. The Balaban J connectivity index is 2.33. The molecule has 0 aliphatic rings. The zero-order valence-electron chi connectivity index (χ0n) is 11.7. The normalized spacial score (nSPS) is 13.6. The molecule has 0 radical (unpaired) electrons. The summed E-state index contributed by atoms with van der Waals surface area (Å²) in [5, 5.41) is 2.83. The molecule has 1 heterocycles. The van der Waals surface area contributed by atoms with Crippen LogP contribution in [0.15, 0.2) is 23.6 Å². The van der Waals surface area contributed by atoms with Gasteiger partial charge >= 0.3 is 0 Å². The molecule has 0 spiro atoms. The first-order valence-corrected chi connectivity index (χ1v) is 7.14. The molecule has 1 unspecified atom stereocenters. The Morgan fingerprint density at radius 1 is 1.32 bits per heavy atom. The van der Waals surface area contributed by atoms with E-state index in [0.29, 0.717) is 5.56 Å². The largest absolute Gasteiger partial charge is 0.322 e. The first-order chi connectivity index (χ1) is 8.79. The van der Waals surface area contributed by atoms with Crippen molar-refractivity contribution in [2.45, 2.75) is 33.7 Å². The quantitative estimate of drug-likeness (QED) is 0.889. The maximum absolute atomic E-state index is 13.6. The predicted molar refractivity (Wildman–Crippen MR) is 78.6 cm³/mol. The van der Waals surface area contributed by atoms with Crippen LogP contribution in [0.5, 0.6) is 0 Å². The fourth-order valence-electron chi connectivity index (χ4n) is 1.69. The monoisotopic (exact) mass is 278 g/mol. The van der Waals surface area contributed by atoms with E-state index in [4.69, 9.17) is 5.73 Å². The van der Waals surface area contributed by atoms with Gasteiger partial charge in [-0.15, -0.1) is 11.3 Å². The molecule has 2 nitrogen and oxygen atoms in total. The van der Waals surface area contributed by atoms with Crippen molar-refractivity contribution < 1.29 is 4.39 Å². The molecule has 1 aromatic heterocycles. The summed E-state index contributed by atoms with van der Waals surface area (Å²) in [6.45, 7) is 8.01. The molecule has 0 saturated carbocycles. The van der Waals surface area contributed by atoms with E-state index in [1.807, 2.05) is 11.4 Å². The second-order valence-corrected chi connectivity index (χ2v) is 6.77. The van der Waals surface area contributed by atoms with E-state index in [0.717, 1.165) is 16.3 Å². The minimum atomic E-state index is -0.202. The second-order valence-electron chi connectivity index (χ2n) is 5.88. The smallest absolute Gasteiger partial charge is 0.126 e. The van der Waals surface area contributed by atoms with E-state index in [-0.39, 0.29) is 17.3 Å². The lowest BCUT2D eigenvalue weighted by molar-refractivity contribution is 0.326. The Kier molecular flexibility index (Phi) is 3.74. The van der Waals surface area contributed by atoms with E-state index in [2.05, 4.69) is 25.8 Å². The zero-order chi connectivity index (χ0) is 14.2. The first kappa shape index (κ1) is 14.2. The number of halogens is 1. The molecule has 19 heavy (non-hydrogen) atoms. The van der Waals surface area contributed by atoms with Crippen molar-refractivity contribution in [3.63, 3.8) is 0 Å². The summed E-state index contributed by atoms with van der Waals surface area (Å²) in [5.41, 5.74) is 8.39. The Morgan fingerprint density at radius 3 is 2.58 bits per heavy atom. The van der Waals surface area contributed by atoms with Gasteiger partial charge in [0.15, 0.2) is 0 Å². The van der Waals surface area contributed by atoms with Crippen LogP contribution in [0.1, 0.15) is 37.4 Å². The van der Waals surface area contributed by atoms with Crippen LogP contribution in [-0.2, 0) is 0 Å². The number of nitrogens with two attached hydrogens (primary N) is 1. The number of aromatic nitrogens is 1. The summed E-state index contributed by atoms with van der Waals surface area (Å²) >= 11 is 1.53. The van der Waals surface area contributed by atoms with Gasteiger partial charge in [-0.3, -0.25) is 0 Å². The molecule has 1 aromatic carbocycles. The van der Waals surface area contributed by atoms with Gasteiger partial charge in [0.2, 0.25) is 0 Å². The Hall–Kier alpha value is -1.26. The van der Waals surface area contributed by atoms with Gasteiger partial charge in [-0.2, -0.15) is 0 Å². The third-order valence-electron chi connectivity index (χ3n) is 3.19. The molecule has 0 aliphatic carbocycles. The second kappa shape index (κ2) is 5.02. The molecule has 0 aliphatic heterocycles. The highest BCUT2D eigenvalue weighted by atomic mass is 32.1. The van der Waals surface area contributed by atoms with Crippen LogP contribution >= 0.6 is 11.3 Å². The minimum absolute atomic E-state index is 0.0341. The lowest BCUT2D eigenvalue weighted by Gasteiger charge is -2.24. The molecular weight excluding hydrogens is 259 g/mol. The van der Waals surface area contributed by atoms with Crippen molar-refractivity contribution in [3.05, 3.63) is 40.0 Å². The number of rotatable bonds is 2. The highest BCUT2D eigenvalue weighted by Gasteiger charge is 2.25. The van der Waals surface area contributed by atoms with Gasteiger partial charge < -0.3 is 5.73 Å². The van der Waals surface area contributed by atoms with Gasteiger partial charge in [0.1, 0.15) is 10.8 Å². The molecule has 2 rings (SSSR count). The van der Waals surface area contributed by atoms with Crippen molar-refractivity contribution in [3.8, 4) is 11.3 Å². The first-order valence-electron chi connectivity index (χ1n) is 6.26. The number of nitrogens with zero attached hydrogens (tertiary/aromatic N) is 1. The molecule has 2 N–H and O–H groups in total. The Bertz CT molecular complexity index is 584. The number of aryl methyl sites for hydroxylation is 1. The van der Waals surface area contributed by atoms with Crippen molar-refractivity contribution >= 4 is 11.3 Å². The zero-order valence-corrected chi connectivity index (χ0v) is 12.5. The number of hydrogen-bond acceptors (Lipinski definition) is 3. The van der Waals surface area contributed by atoms with Crippen molar-refractivity contribution in [1.29, 1.82) is 0 Å². The van der Waals surface area contributed by atoms with E-state index in [1.165, 1.54) is 17.4 Å². The van der Waals surface area contributed by atoms with E-state index >= 15 is 0 Å². The summed E-state index contributed by atoms with van der Waals surface area (Å²) in [5.74, 6) is -0.202. The van der Waals surface area contributed by atoms with Crippen LogP contribution in [0.4, 0.5) is 4.39 Å². The van der Waals surface area contributed by atoms with Crippen molar-refractivity contribution in [2.75, 3.05) is 0 Å². The molecular formula is C15H19FN2S. The number of thiazole rings is 1. The van der Waals surface area contributed by atoms with E-state index < -0.39 is 0 Å². The maximum atomic E-state index is 13.6. The van der Waals surface area contributed by atoms with Crippen LogP contribution in [-0.4, -0.2) is 4.98 Å². The number of hydrogen-bond donors (Lipinski definition) is 1. The van der Waals surface area contributed by atoms with Gasteiger partial charge in [-0.25, -0.2) is 9.37 Å². The summed E-state index contributed by atoms with van der Waals surface area (Å²) in [7, 11) is 0. The van der Waals surface area contributed by atoms with Gasteiger partial charge in [-0.1, -0.05) is 32.9 Å². The third-order valence-corrected chi connectivity index (χ3v) is 4.12. The SMILES string of the molecule is Cc1ccc(-c2csc(C(N)C(C)(C)C)n2)cc1F. The van der Waals surface area contributed by atoms with Crippen LogP contribution in [0, 0.1) is 18.2 Å². The lowest BCUT2D eigenvalue weighted by atomic mass is 9.88. The topological polar surface area (TPSA) is 38.9 Å². The summed E-state index contributed by atoms with van der Waals surface area (Å²) in [6, 6.07) is 5.07. The van der Waals surface area contributed by atoms with Crippen molar-refractivity contribution in [2.24, 2.45) is 11.1 Å². The molecule has 102 valence electrons. The molecule has 0 amide bonds. The summed E-state index contributed by atoms with van der Waals surface area (Å²) < 4.78 is 13.6. The molecule has 0 saturated heterocycles. The molecule has 0 bridgehead atoms. The van der Waals surface area contributed by atoms with Crippen LogP contribution in [0.25, 0.3) is 11.3 Å². The molecule has 0 fully saturated rings. The highest BCUT2D eigenvalue weighted by molar-refractivity contribution is 7.10. The highest BCUT2D eigenvalue weighted by Crippen LogP contribution is 2.34. The Morgan fingerprint density at radius 2 is 2.00 bits per heavy atom. The van der Waals surface area contributed by atoms with Crippen molar-refractivity contribution in [1.82, 2.24) is 4.98 Å².